The summed E-state index contributed by atoms with van der Waals surface area (Å²) in [6.45, 7) is 0.491. The molecule has 1 fully saturated rings. The van der Waals surface area contributed by atoms with Crippen LogP contribution < -0.4 is 0 Å². The summed E-state index contributed by atoms with van der Waals surface area (Å²) in [6, 6.07) is 0. The monoisotopic (exact) mass is 174 g/mol. The van der Waals surface area contributed by atoms with Crippen LogP contribution in [0.1, 0.15) is 0 Å². The van der Waals surface area contributed by atoms with E-state index >= 15 is 0 Å². The van der Waals surface area contributed by atoms with Crippen LogP contribution in [0.15, 0.2) is 0 Å². The zero-order chi connectivity index (χ0) is 8.97. The number of Topliss-reactive ketones (excluding diaryl/α,β-unsaturated/α-hetero) is 1. The van der Waals surface area contributed by atoms with Gasteiger partial charge in [-0.1, -0.05) is 0 Å². The van der Waals surface area contributed by atoms with E-state index in [-0.39, 0.29) is 19.0 Å². The van der Waals surface area contributed by atoms with Gasteiger partial charge >= 0.3 is 5.97 Å². The first-order valence-corrected chi connectivity index (χ1v) is 3.55. The van der Waals surface area contributed by atoms with E-state index in [1.165, 1.54) is 7.11 Å². The van der Waals surface area contributed by atoms with Gasteiger partial charge in [-0.3, -0.25) is 4.79 Å². The highest BCUT2D eigenvalue weighted by atomic mass is 16.6. The number of esters is 1. The van der Waals surface area contributed by atoms with E-state index in [9.17, 15) is 9.59 Å². The molecule has 0 N–H and O–H groups in total. The number of hydrogen-bond acceptors (Lipinski definition) is 5. The smallest absolute Gasteiger partial charge is 0.342 e. The summed E-state index contributed by atoms with van der Waals surface area (Å²) in [6.07, 6.45) is -1.10. The summed E-state index contributed by atoms with van der Waals surface area (Å²) in [5.74, 6) is -1.05. The third-order valence-electron chi connectivity index (χ3n) is 1.46. The molecule has 68 valence electrons. The average molecular weight is 174 g/mol. The molecule has 0 aromatic heterocycles. The van der Waals surface area contributed by atoms with Crippen molar-refractivity contribution in [2.24, 2.45) is 0 Å². The van der Waals surface area contributed by atoms with Gasteiger partial charge in [-0.15, -0.1) is 0 Å². The summed E-state index contributed by atoms with van der Waals surface area (Å²) in [5.41, 5.74) is 0. The standard InChI is InChI=1S/C7H10O5/c1-10-7(9)6-5(8)4-11-2-3-12-6/h6H,2-4H2,1H3. The minimum atomic E-state index is -1.10. The van der Waals surface area contributed by atoms with Crippen molar-refractivity contribution < 1.29 is 23.8 Å². The molecule has 1 aliphatic rings. The molecular weight excluding hydrogens is 164 g/mol. The van der Waals surface area contributed by atoms with Crippen LogP contribution in [0.4, 0.5) is 0 Å². The lowest BCUT2D eigenvalue weighted by Gasteiger charge is -2.09. The number of ether oxygens (including phenoxy) is 3. The number of hydrogen-bond donors (Lipinski definition) is 0. The fourth-order valence-electron chi connectivity index (χ4n) is 0.873. The second-order valence-corrected chi connectivity index (χ2v) is 2.29. The van der Waals surface area contributed by atoms with Crippen molar-refractivity contribution in [1.29, 1.82) is 0 Å². The van der Waals surface area contributed by atoms with Gasteiger partial charge in [0.25, 0.3) is 0 Å². The van der Waals surface area contributed by atoms with Gasteiger partial charge in [0, 0.05) is 0 Å². The first kappa shape index (κ1) is 9.15. The van der Waals surface area contributed by atoms with Crippen LogP contribution in [0.3, 0.4) is 0 Å². The highest BCUT2D eigenvalue weighted by Crippen LogP contribution is 2.01. The number of rotatable bonds is 1. The van der Waals surface area contributed by atoms with Crippen LogP contribution in [0.5, 0.6) is 0 Å². The van der Waals surface area contributed by atoms with Crippen LogP contribution in [0.2, 0.25) is 0 Å². The van der Waals surface area contributed by atoms with E-state index in [4.69, 9.17) is 9.47 Å². The van der Waals surface area contributed by atoms with Gasteiger partial charge in [-0.05, 0) is 0 Å². The Labute approximate surface area is 69.6 Å². The average Bonchev–Trinajstić information content (AvgIpc) is 2.28. The minimum absolute atomic E-state index is 0.0836. The molecule has 1 atom stereocenters. The zero-order valence-electron chi connectivity index (χ0n) is 6.74. The normalized spacial score (nSPS) is 24.8. The Morgan fingerprint density at radius 3 is 3.00 bits per heavy atom. The molecule has 0 radical (unpaired) electrons. The van der Waals surface area contributed by atoms with Crippen molar-refractivity contribution in [3.63, 3.8) is 0 Å². The van der Waals surface area contributed by atoms with Crippen molar-refractivity contribution >= 4 is 11.8 Å². The Morgan fingerprint density at radius 1 is 1.58 bits per heavy atom. The van der Waals surface area contributed by atoms with Crippen molar-refractivity contribution in [2.75, 3.05) is 26.9 Å². The molecule has 0 amide bonds. The zero-order valence-corrected chi connectivity index (χ0v) is 6.74. The number of ketones is 1. The fourth-order valence-corrected chi connectivity index (χ4v) is 0.873. The van der Waals surface area contributed by atoms with Gasteiger partial charge < -0.3 is 14.2 Å². The number of carbonyl (C=O) groups excluding carboxylic acids is 2. The predicted molar refractivity (Wildman–Crippen MR) is 37.6 cm³/mol. The van der Waals surface area contributed by atoms with Gasteiger partial charge in [0.1, 0.15) is 6.61 Å². The molecule has 1 rings (SSSR count). The molecule has 5 heteroatoms. The summed E-state index contributed by atoms with van der Waals surface area (Å²) in [4.78, 5) is 22.0. The highest BCUT2D eigenvalue weighted by molar-refractivity contribution is 6.02. The molecular formula is C7H10O5. The van der Waals surface area contributed by atoms with Crippen LogP contribution in [0, 0.1) is 0 Å². The van der Waals surface area contributed by atoms with Gasteiger partial charge in [-0.2, -0.15) is 0 Å². The van der Waals surface area contributed by atoms with E-state index in [1.807, 2.05) is 0 Å². The molecule has 5 nitrogen and oxygen atoms in total. The molecule has 0 aliphatic carbocycles. The first-order valence-electron chi connectivity index (χ1n) is 3.55. The second kappa shape index (κ2) is 4.18. The van der Waals surface area contributed by atoms with Crippen LogP contribution >= 0.6 is 0 Å². The molecule has 0 saturated carbocycles. The Hall–Kier alpha value is -0.940. The molecule has 1 heterocycles. The summed E-state index contributed by atoms with van der Waals surface area (Å²) in [7, 11) is 1.21. The lowest BCUT2D eigenvalue weighted by molar-refractivity contribution is -0.157. The number of methoxy groups -OCH3 is 1. The van der Waals surface area contributed by atoms with Crippen molar-refractivity contribution in [3.05, 3.63) is 0 Å². The molecule has 1 saturated heterocycles. The van der Waals surface area contributed by atoms with Gasteiger partial charge in [-0.25, -0.2) is 4.79 Å². The third kappa shape index (κ3) is 2.02. The molecule has 0 aromatic carbocycles. The van der Waals surface area contributed by atoms with Crippen molar-refractivity contribution in [1.82, 2.24) is 0 Å². The Balaban J connectivity index is 2.59. The second-order valence-electron chi connectivity index (χ2n) is 2.29. The number of carbonyl (C=O) groups is 2. The highest BCUT2D eigenvalue weighted by Gasteiger charge is 2.29. The van der Waals surface area contributed by atoms with Gasteiger partial charge in [0.2, 0.25) is 6.10 Å². The van der Waals surface area contributed by atoms with Crippen molar-refractivity contribution in [2.45, 2.75) is 6.10 Å². The van der Waals surface area contributed by atoms with E-state index in [1.54, 1.807) is 0 Å². The molecule has 1 unspecified atom stereocenters. The predicted octanol–water partition coefficient (Wildman–Crippen LogP) is -0.856. The Kier molecular flexibility index (Phi) is 3.19. The lowest BCUT2D eigenvalue weighted by Crippen LogP contribution is -2.34. The lowest BCUT2D eigenvalue weighted by atomic mass is 10.2. The summed E-state index contributed by atoms with van der Waals surface area (Å²) in [5, 5.41) is 0. The van der Waals surface area contributed by atoms with Crippen LogP contribution in [-0.2, 0) is 23.8 Å². The van der Waals surface area contributed by atoms with Crippen LogP contribution in [0.25, 0.3) is 0 Å². The fraction of sp³-hybridized carbons (Fsp3) is 0.714. The quantitative estimate of drug-likeness (QED) is 0.382. The summed E-state index contributed by atoms with van der Waals surface area (Å²) < 4.78 is 14.1. The first-order chi connectivity index (χ1) is 5.75. The molecule has 1 aliphatic heterocycles. The minimum Gasteiger partial charge on any atom is -0.467 e. The van der Waals surface area contributed by atoms with Crippen LogP contribution in [-0.4, -0.2) is 44.8 Å². The molecule has 12 heavy (non-hydrogen) atoms. The van der Waals surface area contributed by atoms with E-state index in [2.05, 4.69) is 4.74 Å². The summed E-state index contributed by atoms with van der Waals surface area (Å²) >= 11 is 0. The van der Waals surface area contributed by atoms with Gasteiger partial charge in [0.15, 0.2) is 5.78 Å². The maximum Gasteiger partial charge on any atom is 0.342 e. The maximum absolute atomic E-state index is 11.1. The topological polar surface area (TPSA) is 61.8 Å². The van der Waals surface area contributed by atoms with E-state index in [0.29, 0.717) is 6.61 Å². The molecule has 0 bridgehead atoms. The Bertz CT molecular complexity index is 188. The van der Waals surface area contributed by atoms with Crippen molar-refractivity contribution in [3.8, 4) is 0 Å². The maximum atomic E-state index is 11.1. The SMILES string of the molecule is COC(=O)C1OCCOCC1=O. The third-order valence-corrected chi connectivity index (χ3v) is 1.46. The van der Waals surface area contributed by atoms with E-state index in [0.717, 1.165) is 0 Å². The largest absolute Gasteiger partial charge is 0.467 e. The molecule has 0 spiro atoms. The molecule has 0 aromatic rings. The van der Waals surface area contributed by atoms with E-state index < -0.39 is 12.1 Å². The Morgan fingerprint density at radius 2 is 2.33 bits per heavy atom. The van der Waals surface area contributed by atoms with Gasteiger partial charge in [0.05, 0.1) is 20.3 Å².